The Labute approximate surface area is 120 Å². The maximum atomic E-state index is 13.2. The van der Waals surface area contributed by atoms with Crippen LogP contribution < -0.4 is 5.32 Å². The number of halogens is 1. The molecule has 0 aliphatic heterocycles. The lowest BCUT2D eigenvalue weighted by molar-refractivity contribution is 0.468. The second-order valence-electron chi connectivity index (χ2n) is 5.94. The van der Waals surface area contributed by atoms with E-state index in [0.29, 0.717) is 5.56 Å². The van der Waals surface area contributed by atoms with Gasteiger partial charge in [0.25, 0.3) is 0 Å². The van der Waals surface area contributed by atoms with Gasteiger partial charge in [-0.3, -0.25) is 0 Å². The molecule has 2 heteroatoms. The predicted octanol–water partition coefficient (Wildman–Crippen LogP) is 4.20. The Kier molecular flexibility index (Phi) is 4.56. The first-order chi connectivity index (χ1) is 9.49. The van der Waals surface area contributed by atoms with Gasteiger partial charge in [-0.15, -0.1) is 0 Å². The zero-order chi connectivity index (χ0) is 14.6. The van der Waals surface area contributed by atoms with Crippen molar-refractivity contribution in [3.8, 4) is 0 Å². The van der Waals surface area contributed by atoms with Crippen LogP contribution in [0.25, 0.3) is 0 Å². The molecule has 0 fully saturated rings. The summed E-state index contributed by atoms with van der Waals surface area (Å²) in [5.74, 6) is -0.140. The lowest BCUT2D eigenvalue weighted by Crippen LogP contribution is -2.32. The highest BCUT2D eigenvalue weighted by atomic mass is 19.1. The Morgan fingerprint density at radius 1 is 1.05 bits per heavy atom. The van der Waals surface area contributed by atoms with Crippen molar-refractivity contribution in [2.24, 2.45) is 0 Å². The number of benzene rings is 2. The SMILES string of the molecule is Cc1cc(CNCC(C)(C)c2ccccc2)ccc1F. The zero-order valence-corrected chi connectivity index (χ0v) is 12.4. The van der Waals surface area contributed by atoms with Crippen LogP contribution in [-0.2, 0) is 12.0 Å². The van der Waals surface area contributed by atoms with Gasteiger partial charge in [0, 0.05) is 18.5 Å². The lowest BCUT2D eigenvalue weighted by Gasteiger charge is -2.25. The van der Waals surface area contributed by atoms with Gasteiger partial charge in [-0.25, -0.2) is 4.39 Å². The van der Waals surface area contributed by atoms with E-state index < -0.39 is 0 Å². The van der Waals surface area contributed by atoms with Crippen LogP contribution in [0, 0.1) is 12.7 Å². The molecule has 0 atom stereocenters. The summed E-state index contributed by atoms with van der Waals surface area (Å²) in [5, 5.41) is 3.46. The fraction of sp³-hybridized carbons (Fsp3) is 0.333. The zero-order valence-electron chi connectivity index (χ0n) is 12.4. The highest BCUT2D eigenvalue weighted by Gasteiger charge is 2.19. The van der Waals surface area contributed by atoms with E-state index in [1.807, 2.05) is 18.2 Å². The van der Waals surface area contributed by atoms with Crippen molar-refractivity contribution in [2.45, 2.75) is 32.7 Å². The van der Waals surface area contributed by atoms with E-state index in [1.54, 1.807) is 6.92 Å². The fourth-order valence-corrected chi connectivity index (χ4v) is 2.33. The quantitative estimate of drug-likeness (QED) is 0.859. The van der Waals surface area contributed by atoms with Crippen LogP contribution in [-0.4, -0.2) is 6.54 Å². The molecule has 2 rings (SSSR count). The molecule has 20 heavy (non-hydrogen) atoms. The van der Waals surface area contributed by atoms with E-state index >= 15 is 0 Å². The number of nitrogens with one attached hydrogen (secondary N) is 1. The third-order valence-electron chi connectivity index (χ3n) is 3.67. The molecule has 0 heterocycles. The van der Waals surface area contributed by atoms with E-state index in [2.05, 4.69) is 43.4 Å². The van der Waals surface area contributed by atoms with E-state index in [9.17, 15) is 4.39 Å². The van der Waals surface area contributed by atoms with Crippen molar-refractivity contribution < 1.29 is 4.39 Å². The Balaban J connectivity index is 1.93. The summed E-state index contributed by atoms with van der Waals surface area (Å²) < 4.78 is 13.2. The fourth-order valence-electron chi connectivity index (χ4n) is 2.33. The summed E-state index contributed by atoms with van der Waals surface area (Å²) in [4.78, 5) is 0. The number of rotatable bonds is 5. The molecule has 0 aliphatic rings. The Morgan fingerprint density at radius 3 is 2.40 bits per heavy atom. The first-order valence-corrected chi connectivity index (χ1v) is 7.00. The van der Waals surface area contributed by atoms with Crippen LogP contribution in [0.15, 0.2) is 48.5 Å². The molecule has 0 spiro atoms. The van der Waals surface area contributed by atoms with Gasteiger partial charge in [0.1, 0.15) is 5.82 Å². The van der Waals surface area contributed by atoms with Crippen LogP contribution in [0.3, 0.4) is 0 Å². The summed E-state index contributed by atoms with van der Waals surface area (Å²) in [6, 6.07) is 15.8. The van der Waals surface area contributed by atoms with Gasteiger partial charge in [0.05, 0.1) is 0 Å². The smallest absolute Gasteiger partial charge is 0.126 e. The van der Waals surface area contributed by atoms with Crippen molar-refractivity contribution >= 4 is 0 Å². The van der Waals surface area contributed by atoms with E-state index in [0.717, 1.165) is 18.7 Å². The highest BCUT2D eigenvalue weighted by molar-refractivity contribution is 5.25. The van der Waals surface area contributed by atoms with Gasteiger partial charge in [0.2, 0.25) is 0 Å². The van der Waals surface area contributed by atoms with Crippen LogP contribution in [0.4, 0.5) is 4.39 Å². The molecule has 0 bridgehead atoms. The summed E-state index contributed by atoms with van der Waals surface area (Å²) in [7, 11) is 0. The minimum atomic E-state index is -0.140. The molecule has 2 aromatic rings. The first kappa shape index (κ1) is 14.7. The normalized spacial score (nSPS) is 11.6. The Bertz CT molecular complexity index is 561. The van der Waals surface area contributed by atoms with Crippen molar-refractivity contribution in [1.82, 2.24) is 5.32 Å². The highest BCUT2D eigenvalue weighted by Crippen LogP contribution is 2.21. The van der Waals surface area contributed by atoms with Crippen molar-refractivity contribution in [3.63, 3.8) is 0 Å². The molecular weight excluding hydrogens is 249 g/mol. The van der Waals surface area contributed by atoms with Gasteiger partial charge in [-0.2, -0.15) is 0 Å². The lowest BCUT2D eigenvalue weighted by atomic mass is 9.84. The molecule has 0 radical (unpaired) electrons. The monoisotopic (exact) mass is 271 g/mol. The number of aryl methyl sites for hydroxylation is 1. The third kappa shape index (κ3) is 3.67. The Morgan fingerprint density at radius 2 is 1.75 bits per heavy atom. The Hall–Kier alpha value is -1.67. The number of hydrogen-bond donors (Lipinski definition) is 1. The minimum Gasteiger partial charge on any atom is -0.312 e. The van der Waals surface area contributed by atoms with Gasteiger partial charge < -0.3 is 5.32 Å². The van der Waals surface area contributed by atoms with Crippen LogP contribution in [0.5, 0.6) is 0 Å². The summed E-state index contributed by atoms with van der Waals surface area (Å²) in [5.41, 5.74) is 3.22. The maximum absolute atomic E-state index is 13.2. The standard InChI is InChI=1S/C18H22FN/c1-14-11-15(9-10-17(14)19)12-20-13-18(2,3)16-7-5-4-6-8-16/h4-11,20H,12-13H2,1-3H3. The van der Waals surface area contributed by atoms with Crippen LogP contribution in [0.2, 0.25) is 0 Å². The van der Waals surface area contributed by atoms with Gasteiger partial charge in [-0.1, -0.05) is 56.3 Å². The van der Waals surface area contributed by atoms with Gasteiger partial charge in [-0.05, 0) is 29.7 Å². The van der Waals surface area contributed by atoms with E-state index in [4.69, 9.17) is 0 Å². The van der Waals surface area contributed by atoms with E-state index in [-0.39, 0.29) is 11.2 Å². The maximum Gasteiger partial charge on any atom is 0.126 e. The molecular formula is C18H22FN. The summed E-state index contributed by atoms with van der Waals surface area (Å²) >= 11 is 0. The summed E-state index contributed by atoms with van der Waals surface area (Å²) in [6.45, 7) is 7.90. The third-order valence-corrected chi connectivity index (χ3v) is 3.67. The van der Waals surface area contributed by atoms with Crippen molar-refractivity contribution in [2.75, 3.05) is 6.54 Å². The molecule has 0 saturated carbocycles. The van der Waals surface area contributed by atoms with Crippen molar-refractivity contribution in [3.05, 3.63) is 71.0 Å². The van der Waals surface area contributed by atoms with Crippen LogP contribution in [0.1, 0.15) is 30.5 Å². The average molecular weight is 271 g/mol. The molecule has 1 nitrogen and oxygen atoms in total. The molecule has 0 unspecified atom stereocenters. The largest absolute Gasteiger partial charge is 0.312 e. The van der Waals surface area contributed by atoms with Crippen molar-refractivity contribution in [1.29, 1.82) is 0 Å². The second kappa shape index (κ2) is 6.19. The van der Waals surface area contributed by atoms with Crippen LogP contribution >= 0.6 is 0 Å². The predicted molar refractivity (Wildman–Crippen MR) is 82.3 cm³/mol. The topological polar surface area (TPSA) is 12.0 Å². The average Bonchev–Trinajstić information content (AvgIpc) is 2.44. The molecule has 0 aromatic heterocycles. The van der Waals surface area contributed by atoms with Gasteiger partial charge in [0.15, 0.2) is 0 Å². The van der Waals surface area contributed by atoms with E-state index in [1.165, 1.54) is 11.6 Å². The molecule has 106 valence electrons. The molecule has 2 aromatic carbocycles. The second-order valence-corrected chi connectivity index (χ2v) is 5.94. The molecule has 0 saturated heterocycles. The number of hydrogen-bond acceptors (Lipinski definition) is 1. The minimum absolute atomic E-state index is 0.0797. The van der Waals surface area contributed by atoms with Gasteiger partial charge >= 0.3 is 0 Å². The first-order valence-electron chi connectivity index (χ1n) is 7.00. The molecule has 0 amide bonds. The molecule has 1 N–H and O–H groups in total. The summed E-state index contributed by atoms with van der Waals surface area (Å²) in [6.07, 6.45) is 0. The molecule has 0 aliphatic carbocycles.